The minimum absolute atomic E-state index is 0.0172. The highest BCUT2D eigenvalue weighted by Crippen LogP contribution is 2.39. The predicted molar refractivity (Wildman–Crippen MR) is 69.0 cm³/mol. The molecule has 1 aliphatic rings. The van der Waals surface area contributed by atoms with Gasteiger partial charge in [-0.15, -0.1) is 10.2 Å². The number of hydrogen-bond donors (Lipinski definition) is 2. The van der Waals surface area contributed by atoms with E-state index in [2.05, 4.69) is 40.9 Å². The molecule has 17 heavy (non-hydrogen) atoms. The van der Waals surface area contributed by atoms with Crippen molar-refractivity contribution >= 4 is 5.95 Å². The standard InChI is InChI=1S/C12H23N5/c1-4-14-11-16-15-10(17(11)5-2)12(3)8-6-7-9(12)13/h9H,4-8,13H2,1-3H3,(H,14,16). The largest absolute Gasteiger partial charge is 0.355 e. The molecule has 2 unspecified atom stereocenters. The molecule has 1 aromatic rings. The van der Waals surface area contributed by atoms with Crippen LogP contribution in [0, 0.1) is 0 Å². The molecule has 1 aliphatic carbocycles. The minimum atomic E-state index is -0.0172. The predicted octanol–water partition coefficient (Wildman–Crippen LogP) is 1.50. The lowest BCUT2D eigenvalue weighted by molar-refractivity contribution is 0.386. The normalized spacial score (nSPS) is 28.6. The van der Waals surface area contributed by atoms with Gasteiger partial charge in [0.15, 0.2) is 0 Å². The Morgan fingerprint density at radius 3 is 2.76 bits per heavy atom. The number of hydrogen-bond acceptors (Lipinski definition) is 4. The SMILES string of the molecule is CCNc1nnc(C2(C)CCCC2N)n1CC. The average molecular weight is 237 g/mol. The van der Waals surface area contributed by atoms with Crippen molar-refractivity contribution in [2.45, 2.75) is 58.0 Å². The molecule has 0 saturated heterocycles. The third-order valence-electron chi connectivity index (χ3n) is 3.94. The van der Waals surface area contributed by atoms with E-state index in [1.807, 2.05) is 0 Å². The zero-order valence-corrected chi connectivity index (χ0v) is 11.0. The summed E-state index contributed by atoms with van der Waals surface area (Å²) in [6.45, 7) is 8.15. The number of nitrogens with zero attached hydrogens (tertiary/aromatic N) is 3. The van der Waals surface area contributed by atoms with Crippen LogP contribution >= 0.6 is 0 Å². The molecule has 96 valence electrons. The smallest absolute Gasteiger partial charge is 0.224 e. The monoisotopic (exact) mass is 237 g/mol. The molecule has 1 saturated carbocycles. The highest BCUT2D eigenvalue weighted by atomic mass is 15.4. The summed E-state index contributed by atoms with van der Waals surface area (Å²) in [5.41, 5.74) is 6.23. The van der Waals surface area contributed by atoms with E-state index in [9.17, 15) is 0 Å². The van der Waals surface area contributed by atoms with E-state index < -0.39 is 0 Å². The van der Waals surface area contributed by atoms with Crippen molar-refractivity contribution in [1.82, 2.24) is 14.8 Å². The summed E-state index contributed by atoms with van der Waals surface area (Å²) in [7, 11) is 0. The van der Waals surface area contributed by atoms with Crippen molar-refractivity contribution in [2.75, 3.05) is 11.9 Å². The summed E-state index contributed by atoms with van der Waals surface area (Å²) in [4.78, 5) is 0. The Kier molecular flexibility index (Phi) is 3.38. The molecule has 0 aliphatic heterocycles. The van der Waals surface area contributed by atoms with Gasteiger partial charge in [-0.2, -0.15) is 0 Å². The second kappa shape index (κ2) is 4.64. The van der Waals surface area contributed by atoms with Gasteiger partial charge in [-0.1, -0.05) is 13.3 Å². The highest BCUT2D eigenvalue weighted by molar-refractivity contribution is 5.29. The quantitative estimate of drug-likeness (QED) is 0.832. The molecule has 0 amide bonds. The fourth-order valence-corrected chi connectivity index (χ4v) is 2.78. The Balaban J connectivity index is 2.38. The average Bonchev–Trinajstić information content (AvgIpc) is 2.85. The van der Waals surface area contributed by atoms with Gasteiger partial charge in [-0.25, -0.2) is 0 Å². The van der Waals surface area contributed by atoms with Crippen molar-refractivity contribution in [3.63, 3.8) is 0 Å². The van der Waals surface area contributed by atoms with Gasteiger partial charge in [-0.3, -0.25) is 4.57 Å². The van der Waals surface area contributed by atoms with Crippen LogP contribution in [0.15, 0.2) is 0 Å². The lowest BCUT2D eigenvalue weighted by Crippen LogP contribution is -2.40. The lowest BCUT2D eigenvalue weighted by Gasteiger charge is -2.28. The van der Waals surface area contributed by atoms with E-state index in [1.165, 1.54) is 6.42 Å². The minimum Gasteiger partial charge on any atom is -0.355 e. The van der Waals surface area contributed by atoms with Crippen LogP contribution in [0.1, 0.15) is 45.9 Å². The van der Waals surface area contributed by atoms with Crippen LogP contribution in [0.2, 0.25) is 0 Å². The second-order valence-corrected chi connectivity index (χ2v) is 5.04. The van der Waals surface area contributed by atoms with Gasteiger partial charge in [0.05, 0.1) is 0 Å². The van der Waals surface area contributed by atoms with Crippen LogP contribution in [0.3, 0.4) is 0 Å². The van der Waals surface area contributed by atoms with Gasteiger partial charge >= 0.3 is 0 Å². The lowest BCUT2D eigenvalue weighted by atomic mass is 9.84. The van der Waals surface area contributed by atoms with E-state index in [1.54, 1.807) is 0 Å². The van der Waals surface area contributed by atoms with Gasteiger partial charge < -0.3 is 11.1 Å². The maximum absolute atomic E-state index is 6.25. The fraction of sp³-hybridized carbons (Fsp3) is 0.833. The van der Waals surface area contributed by atoms with Crippen molar-refractivity contribution in [1.29, 1.82) is 0 Å². The van der Waals surface area contributed by atoms with Crippen LogP contribution < -0.4 is 11.1 Å². The topological polar surface area (TPSA) is 68.8 Å². The first-order chi connectivity index (χ1) is 8.13. The van der Waals surface area contributed by atoms with Crippen LogP contribution in [0.25, 0.3) is 0 Å². The first-order valence-electron chi connectivity index (χ1n) is 6.56. The molecule has 1 aromatic heterocycles. The van der Waals surface area contributed by atoms with E-state index in [0.29, 0.717) is 0 Å². The Labute approximate surface area is 103 Å². The van der Waals surface area contributed by atoms with E-state index in [-0.39, 0.29) is 11.5 Å². The number of rotatable bonds is 4. The van der Waals surface area contributed by atoms with Crippen molar-refractivity contribution in [3.8, 4) is 0 Å². The van der Waals surface area contributed by atoms with Crippen LogP contribution in [0.4, 0.5) is 5.95 Å². The molecular weight excluding hydrogens is 214 g/mol. The van der Waals surface area contributed by atoms with E-state index >= 15 is 0 Å². The Morgan fingerprint density at radius 2 is 2.24 bits per heavy atom. The summed E-state index contributed by atoms with van der Waals surface area (Å²) in [6.07, 6.45) is 3.38. The number of aromatic nitrogens is 3. The number of anilines is 1. The summed E-state index contributed by atoms with van der Waals surface area (Å²) >= 11 is 0. The fourth-order valence-electron chi connectivity index (χ4n) is 2.78. The van der Waals surface area contributed by atoms with Crippen LogP contribution in [-0.4, -0.2) is 27.4 Å². The summed E-state index contributed by atoms with van der Waals surface area (Å²) in [5, 5.41) is 11.9. The molecule has 2 atom stereocenters. The van der Waals surface area contributed by atoms with Crippen LogP contribution in [-0.2, 0) is 12.0 Å². The summed E-state index contributed by atoms with van der Waals surface area (Å²) in [6, 6.07) is 0.200. The maximum Gasteiger partial charge on any atom is 0.224 e. The molecule has 0 spiro atoms. The molecule has 5 heteroatoms. The van der Waals surface area contributed by atoms with E-state index in [0.717, 1.165) is 37.7 Å². The summed E-state index contributed by atoms with van der Waals surface area (Å²) in [5.74, 6) is 1.91. The second-order valence-electron chi connectivity index (χ2n) is 5.04. The molecule has 0 aromatic carbocycles. The third-order valence-corrected chi connectivity index (χ3v) is 3.94. The van der Waals surface area contributed by atoms with Crippen molar-refractivity contribution in [3.05, 3.63) is 5.82 Å². The molecule has 5 nitrogen and oxygen atoms in total. The molecule has 2 rings (SSSR count). The first-order valence-corrected chi connectivity index (χ1v) is 6.56. The van der Waals surface area contributed by atoms with Gasteiger partial charge in [0, 0.05) is 24.5 Å². The molecule has 1 heterocycles. The van der Waals surface area contributed by atoms with Gasteiger partial charge in [0.2, 0.25) is 5.95 Å². The van der Waals surface area contributed by atoms with Crippen molar-refractivity contribution in [2.24, 2.45) is 5.73 Å². The first kappa shape index (κ1) is 12.4. The Morgan fingerprint density at radius 1 is 1.47 bits per heavy atom. The Bertz CT molecular complexity index is 386. The molecule has 1 fully saturated rings. The molecule has 0 bridgehead atoms. The molecule has 3 N–H and O–H groups in total. The number of nitrogens with two attached hydrogens (primary N) is 1. The zero-order valence-electron chi connectivity index (χ0n) is 11.0. The highest BCUT2D eigenvalue weighted by Gasteiger charge is 2.42. The van der Waals surface area contributed by atoms with E-state index in [4.69, 9.17) is 5.73 Å². The zero-order chi connectivity index (χ0) is 12.5. The van der Waals surface area contributed by atoms with Gasteiger partial charge in [-0.05, 0) is 26.7 Å². The van der Waals surface area contributed by atoms with Gasteiger partial charge in [0.1, 0.15) is 5.82 Å². The third kappa shape index (κ3) is 1.92. The number of nitrogens with one attached hydrogen (secondary N) is 1. The summed E-state index contributed by atoms with van der Waals surface area (Å²) < 4.78 is 2.16. The Hall–Kier alpha value is -1.10. The molecule has 0 radical (unpaired) electrons. The maximum atomic E-state index is 6.25. The van der Waals surface area contributed by atoms with Gasteiger partial charge in [0.25, 0.3) is 0 Å². The van der Waals surface area contributed by atoms with Crippen LogP contribution in [0.5, 0.6) is 0 Å². The molecular formula is C12H23N5. The van der Waals surface area contributed by atoms with Crippen molar-refractivity contribution < 1.29 is 0 Å².